The van der Waals surface area contributed by atoms with Crippen LogP contribution in [0.5, 0.6) is 0 Å². The first-order valence-electron chi connectivity index (χ1n) is 6.39. The highest BCUT2D eigenvalue weighted by Gasteiger charge is 2.17. The van der Waals surface area contributed by atoms with Crippen molar-refractivity contribution in [1.82, 2.24) is 9.55 Å². The van der Waals surface area contributed by atoms with E-state index in [0.29, 0.717) is 11.6 Å². The summed E-state index contributed by atoms with van der Waals surface area (Å²) in [4.78, 5) is 15.1. The van der Waals surface area contributed by atoms with E-state index in [0.717, 1.165) is 12.0 Å². The highest BCUT2D eigenvalue weighted by atomic mass is 16.4. The van der Waals surface area contributed by atoms with Crippen molar-refractivity contribution >= 4 is 5.97 Å². The fourth-order valence-electron chi connectivity index (χ4n) is 2.13. The number of aromatic carboxylic acids is 1. The molecule has 0 spiro atoms. The maximum Gasteiger partial charge on any atom is 0.356 e. The van der Waals surface area contributed by atoms with Crippen LogP contribution in [0.25, 0.3) is 11.3 Å². The van der Waals surface area contributed by atoms with Crippen LogP contribution in [0, 0.1) is 0 Å². The largest absolute Gasteiger partial charge is 0.476 e. The normalized spacial score (nSPS) is 12.4. The van der Waals surface area contributed by atoms with Gasteiger partial charge in [0.15, 0.2) is 5.69 Å². The fourth-order valence-corrected chi connectivity index (χ4v) is 2.13. The summed E-state index contributed by atoms with van der Waals surface area (Å²) in [6, 6.07) is 8.04. The van der Waals surface area contributed by atoms with Crippen molar-refractivity contribution in [1.29, 1.82) is 0 Å². The number of aryl methyl sites for hydroxylation is 1. The lowest BCUT2D eigenvalue weighted by molar-refractivity contribution is 0.0692. The van der Waals surface area contributed by atoms with Gasteiger partial charge in [-0.2, -0.15) is 0 Å². The zero-order valence-corrected chi connectivity index (χ0v) is 11.4. The first-order chi connectivity index (χ1) is 9.04. The molecular formula is C15H18N2O2. The molecule has 1 atom stereocenters. The molecule has 19 heavy (non-hydrogen) atoms. The Bertz CT molecular complexity index is 585. The predicted octanol–water partition coefficient (Wildman–Crippen LogP) is 3.30. The molecule has 0 saturated heterocycles. The molecule has 0 fully saturated rings. The summed E-state index contributed by atoms with van der Waals surface area (Å²) < 4.78 is 1.74. The van der Waals surface area contributed by atoms with Crippen molar-refractivity contribution in [3.63, 3.8) is 0 Å². The highest BCUT2D eigenvalue weighted by molar-refractivity contribution is 5.92. The predicted molar refractivity (Wildman–Crippen MR) is 74.3 cm³/mol. The van der Waals surface area contributed by atoms with E-state index in [-0.39, 0.29) is 5.69 Å². The molecule has 0 aliphatic rings. The number of nitrogens with zero attached hydrogens (tertiary/aromatic N) is 2. The number of imidazole rings is 1. The third-order valence-electron chi connectivity index (χ3n) is 3.51. The second-order valence-corrected chi connectivity index (χ2v) is 4.79. The van der Waals surface area contributed by atoms with Gasteiger partial charge >= 0.3 is 5.97 Å². The summed E-state index contributed by atoms with van der Waals surface area (Å²) in [7, 11) is 1.80. The molecule has 0 aliphatic carbocycles. The molecule has 0 saturated carbocycles. The Morgan fingerprint density at radius 3 is 2.53 bits per heavy atom. The van der Waals surface area contributed by atoms with Crippen molar-refractivity contribution in [2.75, 3.05) is 0 Å². The van der Waals surface area contributed by atoms with Crippen LogP contribution in [0.3, 0.4) is 0 Å². The molecular weight excluding hydrogens is 240 g/mol. The molecule has 1 heterocycles. The zero-order valence-electron chi connectivity index (χ0n) is 11.4. The lowest BCUT2D eigenvalue weighted by Gasteiger charge is -2.10. The van der Waals surface area contributed by atoms with Crippen molar-refractivity contribution in [2.24, 2.45) is 7.05 Å². The molecule has 4 nitrogen and oxygen atoms in total. The average Bonchev–Trinajstić information content (AvgIpc) is 2.80. The summed E-state index contributed by atoms with van der Waals surface area (Å²) in [6.07, 6.45) is 2.62. The SMILES string of the molecule is CCC(C)c1ccc(-c2c(C(=O)O)ncn2C)cc1. The van der Waals surface area contributed by atoms with E-state index in [1.165, 1.54) is 11.9 Å². The molecule has 0 radical (unpaired) electrons. The average molecular weight is 258 g/mol. The molecule has 1 N–H and O–H groups in total. The number of carbonyl (C=O) groups is 1. The zero-order chi connectivity index (χ0) is 14.0. The van der Waals surface area contributed by atoms with Gasteiger partial charge in [0.25, 0.3) is 0 Å². The quantitative estimate of drug-likeness (QED) is 0.915. The van der Waals surface area contributed by atoms with E-state index in [1.807, 2.05) is 12.1 Å². The minimum atomic E-state index is -0.999. The summed E-state index contributed by atoms with van der Waals surface area (Å²) in [6.45, 7) is 4.34. The lowest BCUT2D eigenvalue weighted by atomic mass is 9.97. The number of rotatable bonds is 4. The summed E-state index contributed by atoms with van der Waals surface area (Å²) in [5.74, 6) is -0.485. The molecule has 1 aromatic heterocycles. The van der Waals surface area contributed by atoms with Gasteiger partial charge in [0.1, 0.15) is 0 Å². The second kappa shape index (κ2) is 5.26. The van der Waals surface area contributed by atoms with Crippen LogP contribution in [-0.2, 0) is 7.05 Å². The number of carboxylic acid groups (broad SMARTS) is 1. The van der Waals surface area contributed by atoms with E-state index in [2.05, 4.69) is 31.0 Å². The van der Waals surface area contributed by atoms with Gasteiger partial charge in [-0.1, -0.05) is 38.1 Å². The van der Waals surface area contributed by atoms with Crippen LogP contribution < -0.4 is 0 Å². The number of carboxylic acids is 1. The first-order valence-corrected chi connectivity index (χ1v) is 6.39. The highest BCUT2D eigenvalue weighted by Crippen LogP contribution is 2.26. The van der Waals surface area contributed by atoms with Crippen molar-refractivity contribution in [3.8, 4) is 11.3 Å². The molecule has 0 amide bonds. The van der Waals surface area contributed by atoms with Gasteiger partial charge < -0.3 is 9.67 Å². The number of aromatic nitrogens is 2. The molecule has 0 aliphatic heterocycles. The van der Waals surface area contributed by atoms with Gasteiger partial charge in [-0.25, -0.2) is 9.78 Å². The molecule has 4 heteroatoms. The standard InChI is InChI=1S/C15H18N2O2/c1-4-10(2)11-5-7-12(8-6-11)14-13(15(18)19)16-9-17(14)3/h5-10H,4H2,1-3H3,(H,18,19). The lowest BCUT2D eigenvalue weighted by Crippen LogP contribution is -2.01. The number of hydrogen-bond donors (Lipinski definition) is 1. The Kier molecular flexibility index (Phi) is 3.69. The van der Waals surface area contributed by atoms with Crippen LogP contribution in [0.1, 0.15) is 42.2 Å². The van der Waals surface area contributed by atoms with Gasteiger partial charge in [-0.3, -0.25) is 0 Å². The van der Waals surface area contributed by atoms with Crippen molar-refractivity contribution in [2.45, 2.75) is 26.2 Å². The molecule has 1 unspecified atom stereocenters. The van der Waals surface area contributed by atoms with Crippen LogP contribution in [0.15, 0.2) is 30.6 Å². The second-order valence-electron chi connectivity index (χ2n) is 4.79. The first kappa shape index (κ1) is 13.3. The van der Waals surface area contributed by atoms with Crippen LogP contribution in [-0.4, -0.2) is 20.6 Å². The Balaban J connectivity index is 2.43. The number of hydrogen-bond acceptors (Lipinski definition) is 2. The molecule has 100 valence electrons. The number of benzene rings is 1. The van der Waals surface area contributed by atoms with Crippen molar-refractivity contribution in [3.05, 3.63) is 41.9 Å². The fraction of sp³-hybridized carbons (Fsp3) is 0.333. The van der Waals surface area contributed by atoms with Crippen molar-refractivity contribution < 1.29 is 9.90 Å². The van der Waals surface area contributed by atoms with E-state index in [4.69, 9.17) is 5.11 Å². The third kappa shape index (κ3) is 2.52. The minimum Gasteiger partial charge on any atom is -0.476 e. The Hall–Kier alpha value is -2.10. The van der Waals surface area contributed by atoms with E-state index in [9.17, 15) is 4.79 Å². The van der Waals surface area contributed by atoms with Crippen LogP contribution in [0.2, 0.25) is 0 Å². The molecule has 2 rings (SSSR count). The molecule has 0 bridgehead atoms. The Labute approximate surface area is 112 Å². The molecule has 2 aromatic rings. The van der Waals surface area contributed by atoms with Gasteiger partial charge in [0.2, 0.25) is 0 Å². The minimum absolute atomic E-state index is 0.0961. The van der Waals surface area contributed by atoms with Gasteiger partial charge in [-0.05, 0) is 17.9 Å². The van der Waals surface area contributed by atoms with Crippen LogP contribution in [0.4, 0.5) is 0 Å². The summed E-state index contributed by atoms with van der Waals surface area (Å²) >= 11 is 0. The summed E-state index contributed by atoms with van der Waals surface area (Å²) in [5, 5.41) is 9.15. The maximum atomic E-state index is 11.2. The van der Waals surface area contributed by atoms with E-state index < -0.39 is 5.97 Å². The Morgan fingerprint density at radius 2 is 2.00 bits per heavy atom. The maximum absolute atomic E-state index is 11.2. The monoisotopic (exact) mass is 258 g/mol. The van der Waals surface area contributed by atoms with Gasteiger partial charge in [0.05, 0.1) is 12.0 Å². The van der Waals surface area contributed by atoms with E-state index in [1.54, 1.807) is 11.6 Å². The van der Waals surface area contributed by atoms with E-state index >= 15 is 0 Å². The Morgan fingerprint density at radius 1 is 1.37 bits per heavy atom. The van der Waals surface area contributed by atoms with Gasteiger partial charge in [0, 0.05) is 12.6 Å². The molecule has 1 aromatic carbocycles. The van der Waals surface area contributed by atoms with Gasteiger partial charge in [-0.15, -0.1) is 0 Å². The third-order valence-corrected chi connectivity index (χ3v) is 3.51. The topological polar surface area (TPSA) is 55.1 Å². The summed E-state index contributed by atoms with van der Waals surface area (Å²) in [5.41, 5.74) is 2.89. The van der Waals surface area contributed by atoms with Crippen LogP contribution >= 0.6 is 0 Å². The smallest absolute Gasteiger partial charge is 0.356 e.